The van der Waals surface area contributed by atoms with Crippen LogP contribution in [0.5, 0.6) is 5.88 Å². The molecular weight excluding hydrogens is 516 g/mol. The molecule has 204 valence electrons. The molecule has 10 nitrogen and oxygen atoms in total. The molecule has 0 saturated heterocycles. The number of rotatable bonds is 16. The van der Waals surface area contributed by atoms with E-state index >= 15 is 0 Å². The second kappa shape index (κ2) is 13.7. The van der Waals surface area contributed by atoms with Gasteiger partial charge in [-0.25, -0.2) is 9.50 Å². The summed E-state index contributed by atoms with van der Waals surface area (Å²) in [6.45, 7) is 9.64. The van der Waals surface area contributed by atoms with Crippen LogP contribution in [0.25, 0.3) is 5.65 Å². The van der Waals surface area contributed by atoms with E-state index in [-0.39, 0.29) is 32.8 Å². The van der Waals surface area contributed by atoms with E-state index in [4.69, 9.17) is 22.8 Å². The summed E-state index contributed by atoms with van der Waals surface area (Å²) < 4.78 is 57.7. The standard InChI is InChI=1S/C25H37N3O7P2/c1-6-32-36(29,33-7-2)25(37(30,34-8-3)35-9-4)16-15-22-17-20(5)26-23-18-24(27-28(22)23)31-19-21-13-11-10-12-14-21/h10-14,17-18,25H,6-9,15-16,19H2,1-5H3. The lowest BCUT2D eigenvalue weighted by atomic mass is 10.2. The Morgan fingerprint density at radius 1 is 0.865 bits per heavy atom. The van der Waals surface area contributed by atoms with Crippen LogP contribution < -0.4 is 4.74 Å². The van der Waals surface area contributed by atoms with Crippen LogP contribution in [-0.4, -0.2) is 46.4 Å². The molecule has 0 aliphatic heterocycles. The maximum absolute atomic E-state index is 13.9. The topological polar surface area (TPSA) is 110 Å². The van der Waals surface area contributed by atoms with E-state index in [1.54, 1.807) is 38.3 Å². The minimum absolute atomic E-state index is 0.131. The van der Waals surface area contributed by atoms with Gasteiger partial charge in [0.1, 0.15) is 6.61 Å². The number of benzene rings is 1. The number of hydrogen-bond acceptors (Lipinski definition) is 9. The van der Waals surface area contributed by atoms with Crippen LogP contribution in [0, 0.1) is 6.92 Å². The van der Waals surface area contributed by atoms with Crippen LogP contribution in [0.3, 0.4) is 0 Å². The number of hydrogen-bond donors (Lipinski definition) is 0. The molecule has 12 heteroatoms. The first-order valence-electron chi connectivity index (χ1n) is 12.6. The molecule has 3 rings (SSSR count). The van der Waals surface area contributed by atoms with Crippen molar-refractivity contribution in [3.05, 3.63) is 59.4 Å². The van der Waals surface area contributed by atoms with E-state index in [0.29, 0.717) is 24.6 Å². The first-order chi connectivity index (χ1) is 17.8. The van der Waals surface area contributed by atoms with Crippen LogP contribution in [0.1, 0.15) is 51.1 Å². The minimum Gasteiger partial charge on any atom is -0.472 e. The quantitative estimate of drug-likeness (QED) is 0.186. The maximum atomic E-state index is 13.9. The van der Waals surface area contributed by atoms with Crippen LogP contribution in [0.2, 0.25) is 0 Å². The molecule has 3 aromatic rings. The van der Waals surface area contributed by atoms with Gasteiger partial charge in [-0.05, 0) is 59.1 Å². The third-order valence-corrected chi connectivity index (χ3v) is 11.6. The Hall–Kier alpha value is -2.06. The second-order valence-electron chi connectivity index (χ2n) is 8.19. The average Bonchev–Trinajstić information content (AvgIpc) is 3.27. The predicted octanol–water partition coefficient (Wildman–Crippen LogP) is 6.41. The number of fused-ring (bicyclic) bond motifs is 1. The Morgan fingerprint density at radius 3 is 1.97 bits per heavy atom. The zero-order chi connectivity index (χ0) is 26.9. The highest BCUT2D eigenvalue weighted by atomic mass is 31.2. The summed E-state index contributed by atoms with van der Waals surface area (Å²) in [5, 5.41) is 3.48. The monoisotopic (exact) mass is 553 g/mol. The van der Waals surface area contributed by atoms with Gasteiger partial charge in [0, 0.05) is 17.5 Å². The fraction of sp³-hybridized carbons (Fsp3) is 0.520. The normalized spacial score (nSPS) is 12.5. The first kappa shape index (κ1) is 29.5. The van der Waals surface area contributed by atoms with Gasteiger partial charge in [-0.2, -0.15) is 0 Å². The number of aromatic nitrogens is 3. The van der Waals surface area contributed by atoms with Crippen LogP contribution in [-0.2, 0) is 40.3 Å². The molecule has 0 aliphatic carbocycles. The zero-order valence-corrected chi connectivity index (χ0v) is 24.0. The zero-order valence-electron chi connectivity index (χ0n) is 22.2. The molecule has 0 aliphatic rings. The van der Waals surface area contributed by atoms with E-state index in [1.807, 2.05) is 43.3 Å². The number of nitrogens with zero attached hydrogens (tertiary/aromatic N) is 3. The maximum Gasteiger partial charge on any atom is 0.345 e. The Labute approximate surface area is 218 Å². The summed E-state index contributed by atoms with van der Waals surface area (Å²) in [4.78, 5) is 4.57. The van der Waals surface area contributed by atoms with Crippen molar-refractivity contribution in [2.24, 2.45) is 0 Å². The molecule has 0 unspecified atom stereocenters. The first-order valence-corrected chi connectivity index (χ1v) is 15.8. The number of ether oxygens (including phenoxy) is 1. The second-order valence-corrected chi connectivity index (χ2v) is 13.0. The summed E-state index contributed by atoms with van der Waals surface area (Å²) in [6, 6.07) is 13.5. The lowest BCUT2D eigenvalue weighted by Crippen LogP contribution is -2.19. The van der Waals surface area contributed by atoms with Gasteiger partial charge in [0.05, 0.1) is 26.4 Å². The molecule has 1 aromatic carbocycles. The van der Waals surface area contributed by atoms with Crippen molar-refractivity contribution < 1.29 is 32.0 Å². The molecule has 0 fully saturated rings. The van der Waals surface area contributed by atoms with Crippen molar-refractivity contribution in [1.29, 1.82) is 0 Å². The van der Waals surface area contributed by atoms with E-state index in [0.717, 1.165) is 17.0 Å². The molecule has 0 atom stereocenters. The Morgan fingerprint density at radius 2 is 1.43 bits per heavy atom. The highest BCUT2D eigenvalue weighted by Crippen LogP contribution is 2.71. The molecule has 2 aromatic heterocycles. The summed E-state index contributed by atoms with van der Waals surface area (Å²) in [5.74, 6) is 0.434. The van der Waals surface area contributed by atoms with Gasteiger partial charge in [0.2, 0.25) is 5.88 Å². The van der Waals surface area contributed by atoms with E-state index in [9.17, 15) is 9.13 Å². The van der Waals surface area contributed by atoms with Gasteiger partial charge in [-0.15, -0.1) is 5.10 Å². The highest BCUT2D eigenvalue weighted by molar-refractivity contribution is 7.72. The Balaban J connectivity index is 1.92. The molecular formula is C25H37N3O7P2. The van der Waals surface area contributed by atoms with Crippen molar-refractivity contribution in [1.82, 2.24) is 14.6 Å². The minimum atomic E-state index is -3.84. The van der Waals surface area contributed by atoms with Gasteiger partial charge < -0.3 is 22.8 Å². The molecule has 37 heavy (non-hydrogen) atoms. The summed E-state index contributed by atoms with van der Waals surface area (Å²) in [7, 11) is -7.68. The van der Waals surface area contributed by atoms with Crippen LogP contribution >= 0.6 is 15.2 Å². The Kier molecular flexibility index (Phi) is 10.9. The van der Waals surface area contributed by atoms with E-state index < -0.39 is 20.6 Å². The van der Waals surface area contributed by atoms with E-state index in [1.165, 1.54) is 0 Å². The lowest BCUT2D eigenvalue weighted by Gasteiger charge is -2.31. The van der Waals surface area contributed by atoms with Crippen molar-refractivity contribution >= 4 is 20.8 Å². The van der Waals surface area contributed by atoms with Crippen molar-refractivity contribution in [2.75, 3.05) is 26.4 Å². The fourth-order valence-electron chi connectivity index (χ4n) is 4.04. The van der Waals surface area contributed by atoms with Gasteiger partial charge in [0.15, 0.2) is 11.0 Å². The third-order valence-electron chi connectivity index (χ3n) is 5.46. The molecule has 0 N–H and O–H groups in total. The summed E-state index contributed by atoms with van der Waals surface area (Å²) in [6.07, 6.45) is 0.506. The SMILES string of the molecule is CCOP(=O)(OCC)C(CCc1cc(C)nc2cc(OCc3ccccc3)nn12)P(=O)(OCC)OCC. The van der Waals surface area contributed by atoms with Gasteiger partial charge in [-0.3, -0.25) is 9.13 Å². The third kappa shape index (κ3) is 7.50. The molecule has 0 saturated carbocycles. The molecule has 0 radical (unpaired) electrons. The Bertz CT molecular complexity index is 1190. The van der Waals surface area contributed by atoms with E-state index in [2.05, 4.69) is 10.1 Å². The molecule has 0 bridgehead atoms. The van der Waals surface area contributed by atoms with Crippen molar-refractivity contribution in [3.63, 3.8) is 0 Å². The van der Waals surface area contributed by atoms with Crippen molar-refractivity contribution in [2.45, 2.75) is 59.5 Å². The molecule has 2 heterocycles. The summed E-state index contributed by atoms with van der Waals surface area (Å²) in [5.41, 5.74) is 3.20. The highest BCUT2D eigenvalue weighted by Gasteiger charge is 2.50. The lowest BCUT2D eigenvalue weighted by molar-refractivity contribution is 0.193. The summed E-state index contributed by atoms with van der Waals surface area (Å²) >= 11 is 0. The van der Waals surface area contributed by atoms with Crippen molar-refractivity contribution in [3.8, 4) is 5.88 Å². The largest absolute Gasteiger partial charge is 0.472 e. The predicted molar refractivity (Wildman–Crippen MR) is 142 cm³/mol. The molecule has 0 amide bonds. The molecule has 0 spiro atoms. The van der Waals surface area contributed by atoms with Gasteiger partial charge >= 0.3 is 15.2 Å². The van der Waals surface area contributed by atoms with Gasteiger partial charge in [0.25, 0.3) is 0 Å². The van der Waals surface area contributed by atoms with Crippen LogP contribution in [0.4, 0.5) is 0 Å². The fourth-order valence-corrected chi connectivity index (χ4v) is 9.39. The smallest absolute Gasteiger partial charge is 0.345 e. The average molecular weight is 554 g/mol. The number of aryl methyl sites for hydroxylation is 2. The van der Waals surface area contributed by atoms with Crippen LogP contribution in [0.15, 0.2) is 42.5 Å². The van der Waals surface area contributed by atoms with Gasteiger partial charge in [-0.1, -0.05) is 30.3 Å².